The first-order valence-corrected chi connectivity index (χ1v) is 9.39. The maximum absolute atomic E-state index is 9.84. The molecule has 2 N–H and O–H groups in total. The van der Waals surface area contributed by atoms with E-state index in [0.29, 0.717) is 28.7 Å². The lowest BCUT2D eigenvalue weighted by Gasteiger charge is -2.16. The zero-order valence-electron chi connectivity index (χ0n) is 14.8. The summed E-state index contributed by atoms with van der Waals surface area (Å²) in [6.07, 6.45) is -1.50. The van der Waals surface area contributed by atoms with Gasteiger partial charge in [-0.15, -0.1) is 0 Å². The maximum atomic E-state index is 9.84. The highest BCUT2D eigenvalue weighted by Crippen LogP contribution is 2.31. The molecule has 142 valence electrons. The minimum Gasteiger partial charge on any atom is -0.470 e. The molecule has 0 saturated carbocycles. The number of H-pyrrole nitrogens is 1. The Balaban J connectivity index is 1.39. The smallest absolute Gasteiger partial charge is 0.193 e. The summed E-state index contributed by atoms with van der Waals surface area (Å²) in [6, 6.07) is 13.3. The van der Waals surface area contributed by atoms with Crippen molar-refractivity contribution in [2.75, 3.05) is 13.2 Å². The average molecular weight is 397 g/mol. The van der Waals surface area contributed by atoms with Crippen molar-refractivity contribution in [3.63, 3.8) is 0 Å². The van der Waals surface area contributed by atoms with Gasteiger partial charge in [0.1, 0.15) is 24.0 Å². The molecule has 28 heavy (non-hydrogen) atoms. The van der Waals surface area contributed by atoms with Gasteiger partial charge in [0.2, 0.25) is 0 Å². The van der Waals surface area contributed by atoms with Gasteiger partial charge in [0.15, 0.2) is 12.0 Å². The monoisotopic (exact) mass is 396 g/mol. The maximum Gasteiger partial charge on any atom is 0.193 e. The summed E-state index contributed by atoms with van der Waals surface area (Å²) >= 11 is 6.34. The Morgan fingerprint density at radius 3 is 2.79 bits per heavy atom. The van der Waals surface area contributed by atoms with E-state index in [9.17, 15) is 5.11 Å². The molecule has 0 amide bonds. The predicted octanol–water partition coefficient (Wildman–Crippen LogP) is 2.52. The van der Waals surface area contributed by atoms with Gasteiger partial charge < -0.3 is 24.3 Å². The first kappa shape index (κ1) is 17.5. The number of benzene rings is 1. The number of aliphatic hydroxyl groups excluding tert-OH is 1. The summed E-state index contributed by atoms with van der Waals surface area (Å²) in [7, 11) is 0. The number of nitrogens with zero attached hydrogens (tertiary/aromatic N) is 1. The molecule has 2 fully saturated rings. The van der Waals surface area contributed by atoms with Crippen molar-refractivity contribution in [3.8, 4) is 17.7 Å². The van der Waals surface area contributed by atoms with Crippen molar-refractivity contribution in [3.05, 3.63) is 58.7 Å². The topological polar surface area (TPSA) is 76.6 Å². The molecule has 7 heteroatoms. The molecular formula is C21H17ClN2O4. The summed E-state index contributed by atoms with van der Waals surface area (Å²) in [5.74, 6) is 6.64. The molecule has 4 heterocycles. The number of rotatable bonds is 2. The van der Waals surface area contributed by atoms with Crippen LogP contribution in [0, 0.1) is 11.8 Å². The van der Waals surface area contributed by atoms with Crippen molar-refractivity contribution in [2.24, 2.45) is 0 Å². The molecule has 5 rings (SSSR count). The zero-order valence-corrected chi connectivity index (χ0v) is 15.5. The molecule has 2 aliphatic rings. The van der Waals surface area contributed by atoms with E-state index in [4.69, 9.17) is 25.8 Å². The molecule has 2 saturated heterocycles. The lowest BCUT2D eigenvalue weighted by Crippen LogP contribution is -2.34. The van der Waals surface area contributed by atoms with Gasteiger partial charge in [-0.1, -0.05) is 35.7 Å². The van der Waals surface area contributed by atoms with Gasteiger partial charge in [-0.25, -0.2) is 4.98 Å². The van der Waals surface area contributed by atoms with Crippen LogP contribution in [0.5, 0.6) is 5.88 Å². The van der Waals surface area contributed by atoms with Crippen LogP contribution < -0.4 is 4.74 Å². The fourth-order valence-corrected chi connectivity index (χ4v) is 3.72. The quantitative estimate of drug-likeness (QED) is 0.651. The first-order chi connectivity index (χ1) is 13.7. The molecule has 1 aromatic carbocycles. The highest BCUT2D eigenvalue weighted by Gasteiger charge is 2.48. The second-order valence-corrected chi connectivity index (χ2v) is 7.23. The predicted molar refractivity (Wildman–Crippen MR) is 103 cm³/mol. The van der Waals surface area contributed by atoms with Crippen LogP contribution in [-0.4, -0.2) is 52.7 Å². The number of aliphatic hydroxyl groups is 1. The summed E-state index contributed by atoms with van der Waals surface area (Å²) in [6.45, 7) is 0.631. The minimum absolute atomic E-state index is 0.266. The number of fused-ring (bicyclic) bond motifs is 2. The summed E-state index contributed by atoms with van der Waals surface area (Å²) < 4.78 is 17.2. The molecular weight excluding hydrogens is 380 g/mol. The van der Waals surface area contributed by atoms with Crippen LogP contribution in [0.3, 0.4) is 0 Å². The molecule has 0 aliphatic carbocycles. The number of aromatic amines is 1. The van der Waals surface area contributed by atoms with E-state index in [1.165, 1.54) is 0 Å². The Morgan fingerprint density at radius 1 is 1.11 bits per heavy atom. The van der Waals surface area contributed by atoms with Gasteiger partial charge in [-0.2, -0.15) is 0 Å². The van der Waals surface area contributed by atoms with E-state index in [2.05, 4.69) is 21.8 Å². The van der Waals surface area contributed by atoms with Gasteiger partial charge in [-0.3, -0.25) is 0 Å². The molecule has 6 nitrogen and oxygen atoms in total. The molecule has 0 spiro atoms. The van der Waals surface area contributed by atoms with Crippen LogP contribution in [0.2, 0.25) is 5.02 Å². The van der Waals surface area contributed by atoms with Crippen LogP contribution in [0.4, 0.5) is 0 Å². The van der Waals surface area contributed by atoms with E-state index in [1.807, 2.05) is 30.3 Å². The molecule has 0 radical (unpaired) electrons. The summed E-state index contributed by atoms with van der Waals surface area (Å²) in [4.78, 5) is 7.71. The van der Waals surface area contributed by atoms with E-state index in [-0.39, 0.29) is 24.9 Å². The van der Waals surface area contributed by atoms with E-state index < -0.39 is 6.10 Å². The van der Waals surface area contributed by atoms with Crippen molar-refractivity contribution in [2.45, 2.75) is 24.4 Å². The third kappa shape index (κ3) is 3.23. The Bertz CT molecular complexity index is 1070. The SMILES string of the molecule is O[C@@H]1CO[C@H]2C1OC[C@H]2Oc1cc2nc(C#Cc3ccccc3)c(Cl)cc2[nH]1. The first-order valence-electron chi connectivity index (χ1n) is 9.01. The van der Waals surface area contributed by atoms with Gasteiger partial charge in [0.25, 0.3) is 0 Å². The fraction of sp³-hybridized carbons (Fsp3) is 0.286. The Morgan fingerprint density at radius 2 is 1.93 bits per heavy atom. The highest BCUT2D eigenvalue weighted by molar-refractivity contribution is 6.32. The fourth-order valence-electron chi connectivity index (χ4n) is 3.52. The van der Waals surface area contributed by atoms with E-state index >= 15 is 0 Å². The van der Waals surface area contributed by atoms with Crippen LogP contribution in [0.25, 0.3) is 11.0 Å². The lowest BCUT2D eigenvalue weighted by atomic mass is 10.1. The standard InChI is InChI=1S/C21H17ClN2O4/c22-13-8-15-16(23-14(13)7-6-12-4-2-1-3-5-12)9-19(24-15)28-18-11-27-20-17(25)10-26-21(18)20/h1-5,8-9,17-18,20-21,24-25H,10-11H2/t17-,18-,20?,21-/m1/s1. The number of ether oxygens (including phenoxy) is 3. The molecule has 2 aliphatic heterocycles. The summed E-state index contributed by atoms with van der Waals surface area (Å²) in [5, 5.41) is 10.3. The molecule has 1 unspecified atom stereocenters. The van der Waals surface area contributed by atoms with Crippen molar-refractivity contribution < 1.29 is 19.3 Å². The van der Waals surface area contributed by atoms with E-state index in [0.717, 1.165) is 11.1 Å². The number of hydrogen-bond donors (Lipinski definition) is 2. The van der Waals surface area contributed by atoms with Gasteiger partial charge in [0, 0.05) is 11.6 Å². The summed E-state index contributed by atoms with van der Waals surface area (Å²) in [5.41, 5.74) is 2.87. The van der Waals surface area contributed by atoms with Gasteiger partial charge in [-0.05, 0) is 24.1 Å². The van der Waals surface area contributed by atoms with Gasteiger partial charge >= 0.3 is 0 Å². The second kappa shape index (κ2) is 7.12. The van der Waals surface area contributed by atoms with Crippen molar-refractivity contribution in [1.29, 1.82) is 0 Å². The third-order valence-electron chi connectivity index (χ3n) is 4.89. The third-order valence-corrected chi connectivity index (χ3v) is 5.18. The normalized spacial score (nSPS) is 26.1. The number of pyridine rings is 1. The minimum atomic E-state index is -0.604. The number of halogens is 1. The molecule has 3 aromatic rings. The molecule has 2 aromatic heterocycles. The van der Waals surface area contributed by atoms with Crippen molar-refractivity contribution in [1.82, 2.24) is 9.97 Å². The number of hydrogen-bond acceptors (Lipinski definition) is 5. The Labute approximate surface area is 166 Å². The Hall–Kier alpha value is -2.56. The van der Waals surface area contributed by atoms with Crippen molar-refractivity contribution >= 4 is 22.6 Å². The van der Waals surface area contributed by atoms with Crippen LogP contribution in [-0.2, 0) is 9.47 Å². The highest BCUT2D eigenvalue weighted by atomic mass is 35.5. The lowest BCUT2D eigenvalue weighted by molar-refractivity contribution is 0.00794. The van der Waals surface area contributed by atoms with Gasteiger partial charge in [0.05, 0.1) is 29.3 Å². The number of nitrogens with one attached hydrogen (secondary N) is 1. The molecule has 4 atom stereocenters. The zero-order chi connectivity index (χ0) is 19.1. The Kier molecular flexibility index (Phi) is 4.46. The largest absolute Gasteiger partial charge is 0.470 e. The number of aromatic nitrogens is 2. The van der Waals surface area contributed by atoms with Crippen LogP contribution in [0.15, 0.2) is 42.5 Å². The van der Waals surface area contributed by atoms with E-state index in [1.54, 1.807) is 12.1 Å². The molecule has 0 bridgehead atoms. The average Bonchev–Trinajstić information content (AvgIpc) is 3.38. The van der Waals surface area contributed by atoms with Crippen LogP contribution >= 0.6 is 11.6 Å². The van der Waals surface area contributed by atoms with Crippen LogP contribution in [0.1, 0.15) is 11.3 Å². The second-order valence-electron chi connectivity index (χ2n) is 6.82.